The van der Waals surface area contributed by atoms with Crippen LogP contribution in [-0.2, 0) is 17.3 Å². The number of hydrogen-bond donors (Lipinski definition) is 0. The second kappa shape index (κ2) is 9.51. The minimum absolute atomic E-state index is 0.0511. The molecule has 31 heavy (non-hydrogen) atoms. The second-order valence-electron chi connectivity index (χ2n) is 10.9. The van der Waals surface area contributed by atoms with E-state index in [9.17, 15) is 0 Å². The number of hydrogen-bond acceptors (Lipinski definition) is 2. The van der Waals surface area contributed by atoms with E-state index < -0.39 is 0 Å². The highest BCUT2D eigenvalue weighted by Gasteiger charge is 2.23. The molecule has 0 bridgehead atoms. The Hall–Kier alpha value is -2.22. The quantitative estimate of drug-likeness (QED) is 0.476. The summed E-state index contributed by atoms with van der Waals surface area (Å²) in [4.78, 5) is 10.5. The lowest BCUT2D eigenvalue weighted by Gasteiger charge is -2.26. The van der Waals surface area contributed by atoms with Crippen molar-refractivity contribution in [2.45, 2.75) is 97.8 Å². The zero-order valence-corrected chi connectivity index (χ0v) is 20.7. The van der Waals surface area contributed by atoms with Crippen molar-refractivity contribution in [1.29, 1.82) is 0 Å². The first-order valence-electron chi connectivity index (χ1n) is 12.0. The lowest BCUT2D eigenvalue weighted by molar-refractivity contribution is 0.578. The van der Waals surface area contributed by atoms with Crippen molar-refractivity contribution < 1.29 is 0 Å². The third-order valence-electron chi connectivity index (χ3n) is 6.10. The fourth-order valence-corrected chi connectivity index (χ4v) is 4.23. The van der Waals surface area contributed by atoms with E-state index in [4.69, 9.17) is 9.98 Å². The van der Waals surface area contributed by atoms with Crippen molar-refractivity contribution in [1.82, 2.24) is 0 Å². The molecule has 0 saturated heterocycles. The summed E-state index contributed by atoms with van der Waals surface area (Å²) in [6, 6.07) is 15.5. The van der Waals surface area contributed by atoms with Gasteiger partial charge in [0.1, 0.15) is 0 Å². The highest BCUT2D eigenvalue weighted by atomic mass is 14.8. The maximum Gasteiger partial charge on any atom is 0.0674 e. The Balaban J connectivity index is 2.10. The van der Waals surface area contributed by atoms with Crippen molar-refractivity contribution in [3.8, 4) is 0 Å². The molecule has 0 unspecified atom stereocenters. The molecule has 0 aliphatic heterocycles. The van der Waals surface area contributed by atoms with Gasteiger partial charge >= 0.3 is 0 Å². The maximum absolute atomic E-state index is 5.30. The first kappa shape index (κ1) is 23.4. The third kappa shape index (κ3) is 5.93. The van der Waals surface area contributed by atoms with E-state index in [1.165, 1.54) is 41.0 Å². The molecule has 1 saturated carbocycles. The van der Waals surface area contributed by atoms with Gasteiger partial charge in [0.25, 0.3) is 0 Å². The number of nitrogens with zero attached hydrogens (tertiary/aromatic N) is 2. The van der Waals surface area contributed by atoms with Crippen LogP contribution in [0.3, 0.4) is 0 Å². The van der Waals surface area contributed by atoms with Crippen LogP contribution in [0.4, 0.5) is 11.4 Å². The van der Waals surface area contributed by atoms with Crippen molar-refractivity contribution in [3.63, 3.8) is 0 Å². The molecule has 2 aromatic carbocycles. The van der Waals surface area contributed by atoms with Crippen LogP contribution in [0.1, 0.15) is 97.3 Å². The summed E-state index contributed by atoms with van der Waals surface area (Å²) in [5, 5.41) is 0. The number of para-hydroxylation sites is 1. The van der Waals surface area contributed by atoms with Gasteiger partial charge in [-0.3, -0.25) is 9.98 Å². The second-order valence-corrected chi connectivity index (χ2v) is 10.9. The molecular weight excluding hydrogens is 376 g/mol. The Kier molecular flexibility index (Phi) is 7.19. The fraction of sp³-hybridized carbons (Fsp3) is 0.517. The van der Waals surface area contributed by atoms with Crippen LogP contribution in [0.5, 0.6) is 0 Å². The van der Waals surface area contributed by atoms with Gasteiger partial charge in [0.15, 0.2) is 0 Å². The normalized spacial score (nSPS) is 18.0. The Morgan fingerprint density at radius 2 is 1.35 bits per heavy atom. The standard InChI is InChI=1S/C29H40N2/c1-8-13-21-14-9-10-15-24(21)30-25-16-11-12-17-26(25)31-27-20-22(28(2,3)4)18-19-23(27)29(5,6)7/h9-10,14-15,18-20H,8,11-13,16-17H2,1-7H3. The molecule has 1 fully saturated rings. The van der Waals surface area contributed by atoms with Crippen LogP contribution in [0.2, 0.25) is 0 Å². The summed E-state index contributed by atoms with van der Waals surface area (Å²) < 4.78 is 0. The molecular formula is C29H40N2. The number of aryl methyl sites for hydroxylation is 1. The van der Waals surface area contributed by atoms with Crippen LogP contribution >= 0.6 is 0 Å². The number of rotatable bonds is 4. The zero-order valence-electron chi connectivity index (χ0n) is 20.7. The molecule has 1 aliphatic carbocycles. The van der Waals surface area contributed by atoms with E-state index >= 15 is 0 Å². The van der Waals surface area contributed by atoms with Gasteiger partial charge < -0.3 is 0 Å². The molecule has 0 N–H and O–H groups in total. The van der Waals surface area contributed by atoms with Crippen molar-refractivity contribution in [2.24, 2.45) is 9.98 Å². The summed E-state index contributed by atoms with van der Waals surface area (Å²) in [5.74, 6) is 0. The Bertz CT molecular complexity index is 965. The molecule has 0 aromatic heterocycles. The first-order valence-corrected chi connectivity index (χ1v) is 12.0. The third-order valence-corrected chi connectivity index (χ3v) is 6.10. The smallest absolute Gasteiger partial charge is 0.0674 e. The average Bonchev–Trinajstić information content (AvgIpc) is 2.69. The summed E-state index contributed by atoms with van der Waals surface area (Å²) in [6.45, 7) is 15.9. The highest BCUT2D eigenvalue weighted by molar-refractivity contribution is 6.43. The van der Waals surface area contributed by atoms with Gasteiger partial charge in [0.2, 0.25) is 0 Å². The van der Waals surface area contributed by atoms with Crippen LogP contribution in [-0.4, -0.2) is 11.4 Å². The Morgan fingerprint density at radius 3 is 1.94 bits per heavy atom. The van der Waals surface area contributed by atoms with Gasteiger partial charge in [-0.05, 0) is 71.8 Å². The minimum atomic E-state index is 0.0511. The highest BCUT2D eigenvalue weighted by Crippen LogP contribution is 2.36. The largest absolute Gasteiger partial charge is 0.251 e. The van der Waals surface area contributed by atoms with E-state index in [0.29, 0.717) is 0 Å². The van der Waals surface area contributed by atoms with E-state index in [2.05, 4.69) is 90.9 Å². The van der Waals surface area contributed by atoms with E-state index in [1.807, 2.05) is 0 Å². The van der Waals surface area contributed by atoms with E-state index in [1.54, 1.807) is 0 Å². The predicted octanol–water partition coefficient (Wildman–Crippen LogP) is 8.65. The maximum atomic E-state index is 5.30. The molecule has 0 spiro atoms. The first-order chi connectivity index (χ1) is 14.6. The minimum Gasteiger partial charge on any atom is -0.251 e. The Morgan fingerprint density at radius 1 is 0.742 bits per heavy atom. The van der Waals surface area contributed by atoms with Gasteiger partial charge in [-0.1, -0.05) is 85.2 Å². The lowest BCUT2D eigenvalue weighted by atomic mass is 9.81. The van der Waals surface area contributed by atoms with Gasteiger partial charge in [-0.25, -0.2) is 0 Å². The molecule has 2 aromatic rings. The van der Waals surface area contributed by atoms with Gasteiger partial charge in [-0.15, -0.1) is 0 Å². The number of aliphatic imine (C=N–C) groups is 2. The van der Waals surface area contributed by atoms with E-state index in [0.717, 1.165) is 37.1 Å². The molecule has 0 atom stereocenters. The van der Waals surface area contributed by atoms with Crippen LogP contribution < -0.4 is 0 Å². The average molecular weight is 417 g/mol. The predicted molar refractivity (Wildman–Crippen MR) is 137 cm³/mol. The van der Waals surface area contributed by atoms with Crippen LogP contribution in [0, 0.1) is 0 Å². The van der Waals surface area contributed by atoms with Crippen molar-refractivity contribution in [2.75, 3.05) is 0 Å². The number of benzene rings is 2. The Labute approximate surface area is 189 Å². The van der Waals surface area contributed by atoms with Gasteiger partial charge in [0.05, 0.1) is 22.8 Å². The summed E-state index contributed by atoms with van der Waals surface area (Å²) in [7, 11) is 0. The zero-order chi connectivity index (χ0) is 22.6. The van der Waals surface area contributed by atoms with Gasteiger partial charge in [0, 0.05) is 0 Å². The SMILES string of the molecule is CCCc1ccccc1N=C1CCCCC1=Nc1cc(C(C)(C)C)ccc1C(C)(C)C. The molecule has 0 amide bonds. The lowest BCUT2D eigenvalue weighted by Crippen LogP contribution is -2.20. The fourth-order valence-electron chi connectivity index (χ4n) is 4.23. The van der Waals surface area contributed by atoms with Crippen molar-refractivity contribution in [3.05, 3.63) is 59.2 Å². The van der Waals surface area contributed by atoms with Crippen molar-refractivity contribution >= 4 is 22.8 Å². The molecule has 2 nitrogen and oxygen atoms in total. The molecule has 0 radical (unpaired) electrons. The summed E-state index contributed by atoms with van der Waals surface area (Å²) >= 11 is 0. The molecule has 0 heterocycles. The topological polar surface area (TPSA) is 24.7 Å². The molecule has 3 rings (SSSR count). The summed E-state index contributed by atoms with van der Waals surface area (Å²) in [6.07, 6.45) is 6.63. The van der Waals surface area contributed by atoms with Crippen LogP contribution in [0.25, 0.3) is 0 Å². The summed E-state index contributed by atoms with van der Waals surface area (Å²) in [5.41, 5.74) is 8.73. The van der Waals surface area contributed by atoms with E-state index in [-0.39, 0.29) is 10.8 Å². The monoisotopic (exact) mass is 416 g/mol. The molecule has 1 aliphatic rings. The molecule has 2 heteroatoms. The van der Waals surface area contributed by atoms with Crippen LogP contribution in [0.15, 0.2) is 52.4 Å². The van der Waals surface area contributed by atoms with Gasteiger partial charge in [-0.2, -0.15) is 0 Å². The molecule has 166 valence electrons.